The summed E-state index contributed by atoms with van der Waals surface area (Å²) in [5.41, 5.74) is 0.169. The third-order valence-corrected chi connectivity index (χ3v) is 4.04. The smallest absolute Gasteiger partial charge is 0.252 e. The summed E-state index contributed by atoms with van der Waals surface area (Å²) in [6.07, 6.45) is 0. The van der Waals surface area contributed by atoms with E-state index in [4.69, 9.17) is 21.1 Å². The molecular weight excluding hydrogens is 382 g/mol. The molecule has 0 heterocycles. The quantitative estimate of drug-likeness (QED) is 0.784. The van der Waals surface area contributed by atoms with E-state index in [9.17, 15) is 18.4 Å². The monoisotopic (exact) mass is 398 g/mol. The summed E-state index contributed by atoms with van der Waals surface area (Å²) in [7, 11) is 4.13. The van der Waals surface area contributed by atoms with Gasteiger partial charge in [-0.15, -0.1) is 0 Å². The fourth-order valence-electron chi connectivity index (χ4n) is 2.40. The van der Waals surface area contributed by atoms with Crippen LogP contribution in [0, 0.1) is 11.6 Å². The molecule has 0 fully saturated rings. The van der Waals surface area contributed by atoms with Crippen molar-refractivity contribution in [2.75, 3.05) is 21.3 Å². The lowest BCUT2D eigenvalue weighted by atomic mass is 10.0. The van der Waals surface area contributed by atoms with E-state index in [2.05, 4.69) is 10.6 Å². The minimum atomic E-state index is -1.25. The molecule has 9 heteroatoms. The van der Waals surface area contributed by atoms with E-state index in [1.54, 1.807) is 0 Å². The van der Waals surface area contributed by atoms with E-state index in [1.165, 1.54) is 39.5 Å². The second kappa shape index (κ2) is 8.68. The molecule has 1 atom stereocenters. The van der Waals surface area contributed by atoms with Gasteiger partial charge in [-0.05, 0) is 29.8 Å². The summed E-state index contributed by atoms with van der Waals surface area (Å²) in [6.45, 7) is 0. The van der Waals surface area contributed by atoms with Crippen LogP contribution < -0.4 is 20.1 Å². The number of nitrogens with one attached hydrogen (secondary N) is 2. The predicted octanol–water partition coefficient (Wildman–Crippen LogP) is 2.85. The van der Waals surface area contributed by atoms with Crippen molar-refractivity contribution in [3.63, 3.8) is 0 Å². The molecule has 0 aliphatic carbocycles. The summed E-state index contributed by atoms with van der Waals surface area (Å²) in [6, 6.07) is 4.40. The molecule has 2 amide bonds. The molecule has 1 unspecified atom stereocenters. The molecule has 0 saturated heterocycles. The molecule has 2 aromatic rings. The number of benzene rings is 2. The molecule has 0 radical (unpaired) electrons. The molecular formula is C18H17ClF2N2O4. The number of hydrogen-bond donors (Lipinski definition) is 2. The van der Waals surface area contributed by atoms with Gasteiger partial charge in [0.15, 0.2) is 23.1 Å². The average molecular weight is 399 g/mol. The first-order chi connectivity index (χ1) is 12.8. The van der Waals surface area contributed by atoms with Gasteiger partial charge in [0.25, 0.3) is 5.91 Å². The number of methoxy groups -OCH3 is 2. The number of rotatable bonds is 6. The van der Waals surface area contributed by atoms with Crippen LogP contribution in [0.4, 0.5) is 8.78 Å². The largest absolute Gasteiger partial charge is 0.493 e. The molecule has 0 aromatic heterocycles. The summed E-state index contributed by atoms with van der Waals surface area (Å²) < 4.78 is 36.9. The number of hydrogen-bond acceptors (Lipinski definition) is 4. The lowest BCUT2D eigenvalue weighted by molar-refractivity contribution is -0.122. The predicted molar refractivity (Wildman–Crippen MR) is 95.2 cm³/mol. The van der Waals surface area contributed by atoms with Crippen LogP contribution >= 0.6 is 11.6 Å². The third kappa shape index (κ3) is 4.46. The second-order valence-electron chi connectivity index (χ2n) is 5.39. The van der Waals surface area contributed by atoms with Gasteiger partial charge in [-0.1, -0.05) is 17.7 Å². The van der Waals surface area contributed by atoms with Crippen molar-refractivity contribution >= 4 is 23.4 Å². The molecule has 0 aliphatic heterocycles. The summed E-state index contributed by atoms with van der Waals surface area (Å²) in [4.78, 5) is 24.8. The van der Waals surface area contributed by atoms with Crippen molar-refractivity contribution in [2.24, 2.45) is 0 Å². The molecule has 0 saturated carbocycles. The Kier molecular flexibility index (Phi) is 6.57. The topological polar surface area (TPSA) is 76.7 Å². The van der Waals surface area contributed by atoms with E-state index in [1.807, 2.05) is 0 Å². The van der Waals surface area contributed by atoms with E-state index in [-0.39, 0.29) is 27.6 Å². The van der Waals surface area contributed by atoms with Gasteiger partial charge < -0.3 is 20.1 Å². The maximum Gasteiger partial charge on any atom is 0.252 e. The van der Waals surface area contributed by atoms with Crippen LogP contribution in [0.15, 0.2) is 30.3 Å². The Bertz CT molecular complexity index is 877. The zero-order valence-corrected chi connectivity index (χ0v) is 15.5. The Balaban J connectivity index is 2.38. The Morgan fingerprint density at radius 2 is 1.78 bits per heavy atom. The van der Waals surface area contributed by atoms with Gasteiger partial charge in [0.05, 0.1) is 19.2 Å². The van der Waals surface area contributed by atoms with Crippen molar-refractivity contribution in [3.8, 4) is 11.5 Å². The first-order valence-corrected chi connectivity index (χ1v) is 8.09. The molecule has 27 heavy (non-hydrogen) atoms. The molecule has 6 nitrogen and oxygen atoms in total. The standard InChI is InChI=1S/C18H17ClF2N2O4/c1-22-18(25)15(9-4-5-12(20)13(21)7-9)23-17(24)10-6-11(19)16(27-3)14(8-10)26-2/h4-8,15H,1-3H3,(H,22,25)(H,23,24). The normalized spacial score (nSPS) is 11.5. The molecule has 2 rings (SSSR count). The highest BCUT2D eigenvalue weighted by molar-refractivity contribution is 6.32. The number of likely N-dealkylation sites (N-methyl/N-ethyl adjacent to an activating group) is 1. The van der Waals surface area contributed by atoms with Crippen molar-refractivity contribution < 1.29 is 27.8 Å². The fraction of sp³-hybridized carbons (Fsp3) is 0.222. The van der Waals surface area contributed by atoms with Gasteiger partial charge in [-0.25, -0.2) is 8.78 Å². The van der Waals surface area contributed by atoms with E-state index in [0.29, 0.717) is 0 Å². The van der Waals surface area contributed by atoms with Gasteiger partial charge in [0.2, 0.25) is 5.91 Å². The number of carbonyl (C=O) groups excluding carboxylic acids is 2. The Morgan fingerprint density at radius 3 is 2.33 bits per heavy atom. The van der Waals surface area contributed by atoms with Crippen LogP contribution in [0.1, 0.15) is 22.0 Å². The van der Waals surface area contributed by atoms with Gasteiger partial charge in [-0.3, -0.25) is 9.59 Å². The minimum absolute atomic E-state index is 0.0770. The van der Waals surface area contributed by atoms with Crippen LogP contribution in [-0.4, -0.2) is 33.1 Å². The molecule has 0 spiro atoms. The van der Waals surface area contributed by atoms with Gasteiger partial charge >= 0.3 is 0 Å². The lowest BCUT2D eigenvalue weighted by Gasteiger charge is -2.19. The SMILES string of the molecule is CNC(=O)C(NC(=O)c1cc(Cl)c(OC)c(OC)c1)c1ccc(F)c(F)c1. The third-order valence-electron chi connectivity index (χ3n) is 3.76. The van der Waals surface area contributed by atoms with E-state index >= 15 is 0 Å². The van der Waals surface area contributed by atoms with Crippen molar-refractivity contribution in [3.05, 3.63) is 58.1 Å². The molecule has 2 N–H and O–H groups in total. The van der Waals surface area contributed by atoms with Crippen LogP contribution in [0.3, 0.4) is 0 Å². The Morgan fingerprint density at radius 1 is 1.07 bits per heavy atom. The van der Waals surface area contributed by atoms with E-state index in [0.717, 1.165) is 12.1 Å². The lowest BCUT2D eigenvalue weighted by Crippen LogP contribution is -2.39. The van der Waals surface area contributed by atoms with Crippen molar-refractivity contribution in [2.45, 2.75) is 6.04 Å². The maximum absolute atomic E-state index is 13.5. The van der Waals surface area contributed by atoms with Gasteiger partial charge in [0, 0.05) is 12.6 Å². The minimum Gasteiger partial charge on any atom is -0.493 e. The first-order valence-electron chi connectivity index (χ1n) is 7.71. The number of amides is 2. The molecule has 144 valence electrons. The van der Waals surface area contributed by atoms with E-state index < -0.39 is 29.5 Å². The fourth-order valence-corrected chi connectivity index (χ4v) is 2.69. The Hall–Kier alpha value is -2.87. The van der Waals surface area contributed by atoms with Gasteiger partial charge in [0.1, 0.15) is 6.04 Å². The van der Waals surface area contributed by atoms with Gasteiger partial charge in [-0.2, -0.15) is 0 Å². The second-order valence-corrected chi connectivity index (χ2v) is 5.80. The van der Waals surface area contributed by atoms with Crippen LogP contribution in [0.25, 0.3) is 0 Å². The molecule has 2 aromatic carbocycles. The zero-order valence-electron chi connectivity index (χ0n) is 14.7. The summed E-state index contributed by atoms with van der Waals surface area (Å²) in [5.74, 6) is -3.01. The number of halogens is 3. The zero-order chi connectivity index (χ0) is 20.1. The highest BCUT2D eigenvalue weighted by Crippen LogP contribution is 2.36. The number of ether oxygens (including phenoxy) is 2. The highest BCUT2D eigenvalue weighted by atomic mass is 35.5. The Labute approximate surface area is 159 Å². The summed E-state index contributed by atoms with van der Waals surface area (Å²) >= 11 is 6.08. The van der Waals surface area contributed by atoms with Crippen molar-refractivity contribution in [1.29, 1.82) is 0 Å². The van der Waals surface area contributed by atoms with Crippen LogP contribution in [0.5, 0.6) is 11.5 Å². The van der Waals surface area contributed by atoms with Crippen LogP contribution in [0.2, 0.25) is 5.02 Å². The maximum atomic E-state index is 13.5. The molecule has 0 aliphatic rings. The summed E-state index contributed by atoms with van der Waals surface area (Å²) in [5, 5.41) is 4.96. The molecule has 0 bridgehead atoms. The highest BCUT2D eigenvalue weighted by Gasteiger charge is 2.25. The number of carbonyl (C=O) groups is 2. The first kappa shape index (κ1) is 20.4. The van der Waals surface area contributed by atoms with Crippen molar-refractivity contribution in [1.82, 2.24) is 10.6 Å². The van der Waals surface area contributed by atoms with Crippen LogP contribution in [-0.2, 0) is 4.79 Å². The average Bonchev–Trinajstić information content (AvgIpc) is 2.66.